The molecule has 2 aromatic rings. The topological polar surface area (TPSA) is 98.8 Å². The third-order valence-electron chi connectivity index (χ3n) is 2.23. The number of nitrogens with one attached hydrogen (secondary N) is 1. The van der Waals surface area contributed by atoms with Gasteiger partial charge in [0, 0.05) is 18.6 Å². The van der Waals surface area contributed by atoms with Crippen molar-refractivity contribution >= 4 is 0 Å². The standard InChI is InChI=1S/C10H12N6O/c1-17-10-9(13-4-5-14-10)8(16-11)7-2-3-12-6-15-7/h2-6,8,16H,11H2,1H3. The average Bonchev–Trinajstić information content (AvgIpc) is 2.41. The van der Waals surface area contributed by atoms with Crippen LogP contribution in [0.5, 0.6) is 5.88 Å². The van der Waals surface area contributed by atoms with Gasteiger partial charge < -0.3 is 4.74 Å². The van der Waals surface area contributed by atoms with Crippen LogP contribution < -0.4 is 16.0 Å². The maximum Gasteiger partial charge on any atom is 0.237 e. The molecule has 0 radical (unpaired) electrons. The van der Waals surface area contributed by atoms with E-state index in [1.165, 1.54) is 13.4 Å². The molecule has 1 atom stereocenters. The van der Waals surface area contributed by atoms with E-state index in [0.29, 0.717) is 17.3 Å². The van der Waals surface area contributed by atoms with Gasteiger partial charge in [0.2, 0.25) is 5.88 Å². The second-order valence-electron chi connectivity index (χ2n) is 3.18. The predicted molar refractivity (Wildman–Crippen MR) is 59.8 cm³/mol. The van der Waals surface area contributed by atoms with Gasteiger partial charge >= 0.3 is 0 Å². The van der Waals surface area contributed by atoms with Gasteiger partial charge in [-0.25, -0.2) is 20.4 Å². The Balaban J connectivity index is 2.42. The lowest BCUT2D eigenvalue weighted by molar-refractivity contribution is 0.382. The van der Waals surface area contributed by atoms with E-state index >= 15 is 0 Å². The molecule has 1 unspecified atom stereocenters. The Morgan fingerprint density at radius 2 is 2.06 bits per heavy atom. The first kappa shape index (κ1) is 11.4. The fraction of sp³-hybridized carbons (Fsp3) is 0.200. The highest BCUT2D eigenvalue weighted by atomic mass is 16.5. The fourth-order valence-electron chi connectivity index (χ4n) is 1.47. The van der Waals surface area contributed by atoms with Gasteiger partial charge in [-0.05, 0) is 6.07 Å². The molecule has 0 fully saturated rings. The summed E-state index contributed by atoms with van der Waals surface area (Å²) in [5.41, 5.74) is 3.91. The van der Waals surface area contributed by atoms with Crippen LogP contribution in [-0.2, 0) is 0 Å². The zero-order valence-corrected chi connectivity index (χ0v) is 9.24. The Bertz CT molecular complexity index is 477. The minimum Gasteiger partial charge on any atom is -0.480 e. The first-order chi connectivity index (χ1) is 8.36. The molecule has 88 valence electrons. The molecule has 7 heteroatoms. The van der Waals surface area contributed by atoms with Crippen LogP contribution in [0.3, 0.4) is 0 Å². The van der Waals surface area contributed by atoms with Crippen LogP contribution in [-0.4, -0.2) is 27.0 Å². The van der Waals surface area contributed by atoms with Crippen LogP contribution in [0.1, 0.15) is 17.4 Å². The highest BCUT2D eigenvalue weighted by Gasteiger charge is 2.20. The summed E-state index contributed by atoms with van der Waals surface area (Å²) in [6.45, 7) is 0. The van der Waals surface area contributed by atoms with E-state index in [1.807, 2.05) is 0 Å². The van der Waals surface area contributed by atoms with Crippen LogP contribution in [0.4, 0.5) is 0 Å². The molecule has 2 heterocycles. The number of hydrogen-bond donors (Lipinski definition) is 2. The Labute approximate surface area is 98.1 Å². The van der Waals surface area contributed by atoms with E-state index in [2.05, 4.69) is 25.4 Å². The predicted octanol–water partition coefficient (Wildman–Crippen LogP) is -0.172. The van der Waals surface area contributed by atoms with E-state index < -0.39 is 0 Å². The minimum atomic E-state index is -0.387. The summed E-state index contributed by atoms with van der Waals surface area (Å²) in [6, 6.07) is 1.36. The Morgan fingerprint density at radius 3 is 2.71 bits per heavy atom. The van der Waals surface area contributed by atoms with E-state index in [4.69, 9.17) is 10.6 Å². The molecule has 0 saturated carbocycles. The van der Waals surface area contributed by atoms with Gasteiger partial charge in [0.15, 0.2) is 0 Å². The van der Waals surface area contributed by atoms with E-state index in [-0.39, 0.29) is 6.04 Å². The van der Waals surface area contributed by atoms with Crippen molar-refractivity contribution in [2.45, 2.75) is 6.04 Å². The van der Waals surface area contributed by atoms with Crippen LogP contribution >= 0.6 is 0 Å². The zero-order chi connectivity index (χ0) is 12.1. The van der Waals surface area contributed by atoms with E-state index in [1.54, 1.807) is 24.7 Å². The van der Waals surface area contributed by atoms with Crippen molar-refractivity contribution in [3.05, 3.63) is 42.4 Å². The summed E-state index contributed by atoms with van der Waals surface area (Å²) in [4.78, 5) is 16.3. The second kappa shape index (κ2) is 5.28. The maximum absolute atomic E-state index is 5.53. The Kier molecular flexibility index (Phi) is 3.53. The number of aromatic nitrogens is 4. The Morgan fingerprint density at radius 1 is 1.24 bits per heavy atom. The lowest BCUT2D eigenvalue weighted by Gasteiger charge is -2.15. The lowest BCUT2D eigenvalue weighted by Crippen LogP contribution is -2.30. The average molecular weight is 232 g/mol. The third kappa shape index (κ3) is 2.35. The second-order valence-corrected chi connectivity index (χ2v) is 3.18. The molecule has 0 amide bonds. The van der Waals surface area contributed by atoms with Gasteiger partial charge in [-0.3, -0.25) is 10.8 Å². The van der Waals surface area contributed by atoms with Gasteiger partial charge in [0.05, 0.1) is 12.8 Å². The van der Waals surface area contributed by atoms with Crippen molar-refractivity contribution in [3.63, 3.8) is 0 Å². The SMILES string of the molecule is COc1nccnc1C(NN)c1ccncn1. The Hall–Kier alpha value is -2.12. The lowest BCUT2D eigenvalue weighted by atomic mass is 10.1. The smallest absolute Gasteiger partial charge is 0.237 e. The first-order valence-corrected chi connectivity index (χ1v) is 4.93. The molecule has 0 bridgehead atoms. The number of nitrogens with zero attached hydrogens (tertiary/aromatic N) is 4. The molecular weight excluding hydrogens is 220 g/mol. The molecule has 2 aromatic heterocycles. The molecule has 2 rings (SSSR count). The molecule has 0 saturated heterocycles. The van der Waals surface area contributed by atoms with Crippen LogP contribution in [0.15, 0.2) is 31.0 Å². The molecule has 0 aliphatic rings. The van der Waals surface area contributed by atoms with Crippen molar-refractivity contribution in [2.75, 3.05) is 7.11 Å². The highest BCUT2D eigenvalue weighted by Crippen LogP contribution is 2.23. The quantitative estimate of drug-likeness (QED) is 0.557. The van der Waals surface area contributed by atoms with E-state index in [9.17, 15) is 0 Å². The van der Waals surface area contributed by atoms with Crippen molar-refractivity contribution in [1.82, 2.24) is 25.4 Å². The van der Waals surface area contributed by atoms with Gasteiger partial charge in [-0.15, -0.1) is 0 Å². The number of nitrogens with two attached hydrogens (primary N) is 1. The van der Waals surface area contributed by atoms with Crippen LogP contribution in [0, 0.1) is 0 Å². The van der Waals surface area contributed by atoms with Crippen molar-refractivity contribution in [1.29, 1.82) is 0 Å². The molecular formula is C10H12N6O. The monoisotopic (exact) mass is 232 g/mol. The minimum absolute atomic E-state index is 0.387. The molecule has 7 nitrogen and oxygen atoms in total. The molecule has 3 N–H and O–H groups in total. The number of ether oxygens (including phenoxy) is 1. The van der Waals surface area contributed by atoms with Crippen molar-refractivity contribution < 1.29 is 4.74 Å². The van der Waals surface area contributed by atoms with E-state index in [0.717, 1.165) is 0 Å². The molecule has 0 aliphatic heterocycles. The highest BCUT2D eigenvalue weighted by molar-refractivity contribution is 5.28. The van der Waals surface area contributed by atoms with Crippen molar-refractivity contribution in [3.8, 4) is 5.88 Å². The fourth-order valence-corrected chi connectivity index (χ4v) is 1.47. The molecule has 0 spiro atoms. The summed E-state index contributed by atoms with van der Waals surface area (Å²) in [7, 11) is 1.53. The summed E-state index contributed by atoms with van der Waals surface area (Å²) in [6.07, 6.45) is 6.21. The number of rotatable bonds is 4. The van der Waals surface area contributed by atoms with Crippen LogP contribution in [0.25, 0.3) is 0 Å². The summed E-state index contributed by atoms with van der Waals surface area (Å²) in [5.74, 6) is 5.94. The largest absolute Gasteiger partial charge is 0.480 e. The third-order valence-corrected chi connectivity index (χ3v) is 2.23. The van der Waals surface area contributed by atoms with Gasteiger partial charge in [0.1, 0.15) is 18.1 Å². The number of hydrazine groups is 1. The first-order valence-electron chi connectivity index (χ1n) is 4.93. The normalized spacial score (nSPS) is 12.1. The van der Waals surface area contributed by atoms with Gasteiger partial charge in [-0.1, -0.05) is 0 Å². The van der Waals surface area contributed by atoms with Gasteiger partial charge in [-0.2, -0.15) is 0 Å². The van der Waals surface area contributed by atoms with Gasteiger partial charge in [0.25, 0.3) is 0 Å². The summed E-state index contributed by atoms with van der Waals surface area (Å²) < 4.78 is 5.14. The van der Waals surface area contributed by atoms with Crippen molar-refractivity contribution in [2.24, 2.45) is 5.84 Å². The number of methoxy groups -OCH3 is 1. The maximum atomic E-state index is 5.53. The molecule has 17 heavy (non-hydrogen) atoms. The molecule has 0 aliphatic carbocycles. The summed E-state index contributed by atoms with van der Waals surface area (Å²) >= 11 is 0. The molecule has 0 aromatic carbocycles. The zero-order valence-electron chi connectivity index (χ0n) is 9.24. The number of hydrogen-bond acceptors (Lipinski definition) is 7. The summed E-state index contributed by atoms with van der Waals surface area (Å²) in [5, 5.41) is 0. The van der Waals surface area contributed by atoms with Crippen LogP contribution in [0.2, 0.25) is 0 Å².